The van der Waals surface area contributed by atoms with Crippen molar-refractivity contribution in [2.24, 2.45) is 0 Å². The Balaban J connectivity index is 1.63. The molecule has 8 nitrogen and oxygen atoms in total. The molecule has 162 valence electrons. The van der Waals surface area contributed by atoms with Gasteiger partial charge in [-0.3, -0.25) is 4.79 Å². The summed E-state index contributed by atoms with van der Waals surface area (Å²) in [5.74, 6) is -0.762. The van der Waals surface area contributed by atoms with E-state index in [0.29, 0.717) is 11.1 Å². The van der Waals surface area contributed by atoms with Gasteiger partial charge in [-0.2, -0.15) is 0 Å². The zero-order valence-electron chi connectivity index (χ0n) is 16.6. The topological polar surface area (TPSA) is 116 Å². The van der Waals surface area contributed by atoms with E-state index in [0.717, 1.165) is 5.56 Å². The SMILES string of the molecule is CNS(=O)(=O)Cc1ccc(CNC(=O)NCCNC(=O)Cc2cccc(F)c2)cc1. The summed E-state index contributed by atoms with van der Waals surface area (Å²) in [6.07, 6.45) is 0.0651. The van der Waals surface area contributed by atoms with E-state index < -0.39 is 21.9 Å². The van der Waals surface area contributed by atoms with Crippen molar-refractivity contribution < 1.29 is 22.4 Å². The van der Waals surface area contributed by atoms with Gasteiger partial charge >= 0.3 is 6.03 Å². The molecule has 2 aromatic carbocycles. The van der Waals surface area contributed by atoms with E-state index >= 15 is 0 Å². The lowest BCUT2D eigenvalue weighted by Crippen LogP contribution is -2.40. The summed E-state index contributed by atoms with van der Waals surface area (Å²) in [5.41, 5.74) is 2.04. The Hall–Kier alpha value is -2.98. The minimum Gasteiger partial charge on any atom is -0.354 e. The molecule has 3 amide bonds. The molecule has 0 fully saturated rings. The molecule has 0 aromatic heterocycles. The number of hydrogen-bond donors (Lipinski definition) is 4. The van der Waals surface area contributed by atoms with Crippen molar-refractivity contribution in [3.05, 3.63) is 71.0 Å². The number of carbonyl (C=O) groups excluding carboxylic acids is 2. The van der Waals surface area contributed by atoms with E-state index in [1.54, 1.807) is 36.4 Å². The summed E-state index contributed by atoms with van der Waals surface area (Å²) in [5, 5.41) is 7.95. The van der Waals surface area contributed by atoms with Gasteiger partial charge in [0.25, 0.3) is 0 Å². The van der Waals surface area contributed by atoms with Gasteiger partial charge in [0.05, 0.1) is 12.2 Å². The first kappa shape index (κ1) is 23.3. The molecular weight excluding hydrogens is 411 g/mol. The minimum atomic E-state index is -3.33. The fourth-order valence-corrected chi connectivity index (χ4v) is 3.34. The molecule has 0 spiro atoms. The van der Waals surface area contributed by atoms with Crippen LogP contribution in [0.4, 0.5) is 9.18 Å². The van der Waals surface area contributed by atoms with Crippen molar-refractivity contribution in [2.75, 3.05) is 20.1 Å². The Kier molecular flexibility index (Phi) is 8.75. The highest BCUT2D eigenvalue weighted by molar-refractivity contribution is 7.88. The molecule has 0 aliphatic heterocycles. The number of halogens is 1. The van der Waals surface area contributed by atoms with Gasteiger partial charge < -0.3 is 16.0 Å². The van der Waals surface area contributed by atoms with Crippen molar-refractivity contribution in [1.29, 1.82) is 0 Å². The first-order valence-electron chi connectivity index (χ1n) is 9.29. The van der Waals surface area contributed by atoms with Crippen LogP contribution in [-0.2, 0) is 33.5 Å². The number of carbonyl (C=O) groups is 2. The van der Waals surface area contributed by atoms with Crippen LogP contribution in [-0.4, -0.2) is 40.5 Å². The number of sulfonamides is 1. The average molecular weight is 437 g/mol. The Bertz CT molecular complexity index is 965. The van der Waals surface area contributed by atoms with E-state index in [2.05, 4.69) is 20.7 Å². The van der Waals surface area contributed by atoms with Crippen LogP contribution in [0.2, 0.25) is 0 Å². The Morgan fingerprint density at radius 1 is 0.900 bits per heavy atom. The third-order valence-electron chi connectivity index (χ3n) is 4.13. The first-order chi connectivity index (χ1) is 14.3. The van der Waals surface area contributed by atoms with E-state index in [1.165, 1.54) is 19.2 Å². The molecule has 0 saturated heterocycles. The molecule has 0 aliphatic rings. The van der Waals surface area contributed by atoms with Crippen molar-refractivity contribution in [3.63, 3.8) is 0 Å². The summed E-state index contributed by atoms with van der Waals surface area (Å²) in [6, 6.07) is 12.3. The number of urea groups is 1. The summed E-state index contributed by atoms with van der Waals surface area (Å²) in [7, 11) is -1.96. The van der Waals surface area contributed by atoms with Crippen LogP contribution in [0.25, 0.3) is 0 Å². The van der Waals surface area contributed by atoms with Crippen molar-refractivity contribution in [3.8, 4) is 0 Å². The maximum atomic E-state index is 13.1. The molecule has 2 aromatic rings. The van der Waals surface area contributed by atoms with Gasteiger partial charge in [-0.25, -0.2) is 22.3 Å². The summed E-state index contributed by atoms with van der Waals surface area (Å²) < 4.78 is 38.4. The highest BCUT2D eigenvalue weighted by Crippen LogP contribution is 2.07. The number of hydrogen-bond acceptors (Lipinski definition) is 4. The zero-order valence-corrected chi connectivity index (χ0v) is 17.4. The van der Waals surface area contributed by atoms with Gasteiger partial charge in [0.2, 0.25) is 15.9 Å². The smallest absolute Gasteiger partial charge is 0.315 e. The van der Waals surface area contributed by atoms with E-state index in [-0.39, 0.29) is 37.7 Å². The largest absolute Gasteiger partial charge is 0.354 e. The zero-order chi connectivity index (χ0) is 22.0. The average Bonchev–Trinajstić information content (AvgIpc) is 2.70. The van der Waals surface area contributed by atoms with Crippen LogP contribution in [0.5, 0.6) is 0 Å². The fourth-order valence-electron chi connectivity index (χ4n) is 2.56. The summed E-state index contributed by atoms with van der Waals surface area (Å²) in [4.78, 5) is 23.6. The maximum Gasteiger partial charge on any atom is 0.315 e. The third-order valence-corrected chi connectivity index (χ3v) is 5.47. The molecule has 4 N–H and O–H groups in total. The van der Waals surface area contributed by atoms with Gasteiger partial charge in [-0.05, 0) is 35.9 Å². The van der Waals surface area contributed by atoms with Crippen LogP contribution in [0, 0.1) is 5.82 Å². The van der Waals surface area contributed by atoms with Crippen molar-refractivity contribution in [1.82, 2.24) is 20.7 Å². The van der Waals surface area contributed by atoms with Crippen molar-refractivity contribution >= 4 is 22.0 Å². The van der Waals surface area contributed by atoms with Crippen LogP contribution >= 0.6 is 0 Å². The monoisotopic (exact) mass is 436 g/mol. The third kappa shape index (κ3) is 8.58. The standard InChI is InChI=1S/C20H25FN4O4S/c1-22-30(28,29)14-16-7-5-15(6-8-16)13-25-20(27)24-10-9-23-19(26)12-17-3-2-4-18(21)11-17/h2-8,11,22H,9-10,12-14H2,1H3,(H,23,26)(H2,24,25,27). The number of rotatable bonds is 10. The summed E-state index contributed by atoms with van der Waals surface area (Å²) in [6.45, 7) is 0.758. The Labute approximate surface area is 175 Å². The molecule has 0 atom stereocenters. The second-order valence-corrected chi connectivity index (χ2v) is 8.47. The molecule has 0 unspecified atom stereocenters. The second kappa shape index (κ2) is 11.3. The molecule has 30 heavy (non-hydrogen) atoms. The molecule has 0 aliphatic carbocycles. The second-order valence-electron chi connectivity index (χ2n) is 6.55. The van der Waals surface area contributed by atoms with Gasteiger partial charge in [-0.15, -0.1) is 0 Å². The molecule has 0 heterocycles. The van der Waals surface area contributed by atoms with Crippen LogP contribution in [0.15, 0.2) is 48.5 Å². The molecule has 0 radical (unpaired) electrons. The molecule has 0 bridgehead atoms. The number of amides is 3. The van der Waals surface area contributed by atoms with E-state index in [4.69, 9.17) is 0 Å². The lowest BCUT2D eigenvalue weighted by atomic mass is 10.1. The van der Waals surface area contributed by atoms with E-state index in [1.807, 2.05) is 0 Å². The quantitative estimate of drug-likeness (QED) is 0.416. The normalized spacial score (nSPS) is 11.0. The maximum absolute atomic E-state index is 13.1. The fraction of sp³-hybridized carbons (Fsp3) is 0.300. The number of nitrogens with one attached hydrogen (secondary N) is 4. The lowest BCUT2D eigenvalue weighted by molar-refractivity contribution is -0.120. The molecule has 0 saturated carbocycles. The highest BCUT2D eigenvalue weighted by atomic mass is 32.2. The van der Waals surface area contributed by atoms with Gasteiger partial charge in [0.15, 0.2) is 0 Å². The first-order valence-corrected chi connectivity index (χ1v) is 10.9. The highest BCUT2D eigenvalue weighted by Gasteiger charge is 2.08. The predicted molar refractivity (Wildman–Crippen MR) is 111 cm³/mol. The molecule has 10 heteroatoms. The predicted octanol–water partition coefficient (Wildman–Crippen LogP) is 1.03. The summed E-state index contributed by atoms with van der Waals surface area (Å²) >= 11 is 0. The van der Waals surface area contributed by atoms with Gasteiger partial charge in [0, 0.05) is 19.6 Å². The lowest BCUT2D eigenvalue weighted by Gasteiger charge is -2.09. The minimum absolute atomic E-state index is 0.0651. The van der Waals surface area contributed by atoms with Gasteiger partial charge in [0.1, 0.15) is 5.82 Å². The van der Waals surface area contributed by atoms with Crippen molar-refractivity contribution in [2.45, 2.75) is 18.7 Å². The van der Waals surface area contributed by atoms with Crippen LogP contribution < -0.4 is 20.7 Å². The van der Waals surface area contributed by atoms with Crippen LogP contribution in [0.1, 0.15) is 16.7 Å². The van der Waals surface area contributed by atoms with E-state index in [9.17, 15) is 22.4 Å². The van der Waals surface area contributed by atoms with Crippen LogP contribution in [0.3, 0.4) is 0 Å². The molecular formula is C20H25FN4O4S. The number of benzene rings is 2. The van der Waals surface area contributed by atoms with Gasteiger partial charge in [-0.1, -0.05) is 36.4 Å². The molecule has 2 rings (SSSR count). The Morgan fingerprint density at radius 3 is 2.23 bits per heavy atom. The Morgan fingerprint density at radius 2 is 1.57 bits per heavy atom.